The lowest BCUT2D eigenvalue weighted by molar-refractivity contribution is -0.122. The van der Waals surface area contributed by atoms with Crippen molar-refractivity contribution in [2.75, 3.05) is 13.7 Å². The molecule has 0 radical (unpaired) electrons. The van der Waals surface area contributed by atoms with E-state index < -0.39 is 6.03 Å². The normalized spacial score (nSPS) is 16.8. The fraction of sp³-hybridized carbons (Fsp3) is 0.231. The topological polar surface area (TPSA) is 58.6 Å². The third kappa shape index (κ3) is 2.73. The molecule has 20 heavy (non-hydrogen) atoms. The minimum absolute atomic E-state index is 0.265. The SMILES string of the molecule is CCN1C(=O)N/C(=C/c2cc(Br)c(OC)c(Br)c2)C1=O. The summed E-state index contributed by atoms with van der Waals surface area (Å²) in [5.74, 6) is 0.352. The number of imide groups is 1. The maximum atomic E-state index is 12.0. The molecule has 0 unspecified atom stereocenters. The molecule has 7 heteroatoms. The Kier molecular flexibility index (Phi) is 4.49. The van der Waals surface area contributed by atoms with Crippen LogP contribution in [-0.2, 0) is 4.79 Å². The number of rotatable bonds is 3. The molecule has 1 aliphatic heterocycles. The van der Waals surface area contributed by atoms with E-state index in [4.69, 9.17) is 4.74 Å². The zero-order chi connectivity index (χ0) is 14.9. The van der Waals surface area contributed by atoms with Gasteiger partial charge in [0.05, 0.1) is 16.1 Å². The number of ether oxygens (including phenoxy) is 1. The number of nitrogens with zero attached hydrogens (tertiary/aromatic N) is 1. The maximum Gasteiger partial charge on any atom is 0.328 e. The van der Waals surface area contributed by atoms with Crippen molar-refractivity contribution in [2.45, 2.75) is 6.92 Å². The first-order valence-electron chi connectivity index (χ1n) is 5.85. The van der Waals surface area contributed by atoms with Crippen LogP contribution in [0, 0.1) is 0 Å². The molecule has 0 aromatic heterocycles. The van der Waals surface area contributed by atoms with Crippen molar-refractivity contribution in [2.24, 2.45) is 0 Å². The first kappa shape index (κ1) is 15.1. The second kappa shape index (κ2) is 5.97. The number of nitrogens with one attached hydrogen (secondary N) is 1. The average Bonchev–Trinajstić information content (AvgIpc) is 2.63. The summed E-state index contributed by atoms with van der Waals surface area (Å²) in [6.45, 7) is 2.10. The van der Waals surface area contributed by atoms with Gasteiger partial charge in [0.15, 0.2) is 0 Å². The highest BCUT2D eigenvalue weighted by atomic mass is 79.9. The van der Waals surface area contributed by atoms with E-state index in [0.717, 1.165) is 19.4 Å². The Morgan fingerprint density at radius 1 is 1.30 bits per heavy atom. The van der Waals surface area contributed by atoms with Crippen LogP contribution in [0.3, 0.4) is 0 Å². The van der Waals surface area contributed by atoms with Crippen molar-refractivity contribution in [1.82, 2.24) is 10.2 Å². The highest BCUT2D eigenvalue weighted by Crippen LogP contribution is 2.35. The van der Waals surface area contributed by atoms with E-state index in [1.54, 1.807) is 20.1 Å². The zero-order valence-corrected chi connectivity index (χ0v) is 14.0. The van der Waals surface area contributed by atoms with E-state index in [0.29, 0.717) is 12.3 Å². The Labute approximate surface area is 133 Å². The molecule has 0 bridgehead atoms. The van der Waals surface area contributed by atoms with Gasteiger partial charge in [-0.15, -0.1) is 0 Å². The summed E-state index contributed by atoms with van der Waals surface area (Å²) >= 11 is 6.79. The van der Waals surface area contributed by atoms with Crippen LogP contribution < -0.4 is 10.1 Å². The van der Waals surface area contributed by atoms with Crippen LogP contribution in [0.25, 0.3) is 6.08 Å². The second-order valence-corrected chi connectivity index (χ2v) is 5.76. The van der Waals surface area contributed by atoms with E-state index in [1.165, 1.54) is 0 Å². The molecule has 0 saturated carbocycles. The number of halogens is 2. The van der Waals surface area contributed by atoms with Gasteiger partial charge in [-0.05, 0) is 62.6 Å². The summed E-state index contributed by atoms with van der Waals surface area (Å²) in [5.41, 5.74) is 1.03. The van der Waals surface area contributed by atoms with Crippen molar-refractivity contribution in [1.29, 1.82) is 0 Å². The molecule has 106 valence electrons. The first-order chi connectivity index (χ1) is 9.47. The Bertz CT molecular complexity index is 591. The summed E-state index contributed by atoms with van der Waals surface area (Å²) in [7, 11) is 1.57. The smallest absolute Gasteiger partial charge is 0.328 e. The summed E-state index contributed by atoms with van der Waals surface area (Å²) in [6, 6.07) is 3.23. The summed E-state index contributed by atoms with van der Waals surface area (Å²) in [5, 5.41) is 2.56. The van der Waals surface area contributed by atoms with E-state index in [1.807, 2.05) is 12.1 Å². The fourth-order valence-corrected chi connectivity index (χ4v) is 3.43. The van der Waals surface area contributed by atoms with Gasteiger partial charge in [-0.25, -0.2) is 4.79 Å². The van der Waals surface area contributed by atoms with Crippen LogP contribution in [0.5, 0.6) is 5.75 Å². The number of amides is 3. The molecular formula is C13H12Br2N2O3. The molecule has 0 aliphatic carbocycles. The van der Waals surface area contributed by atoms with Crippen LogP contribution in [0.1, 0.15) is 12.5 Å². The van der Waals surface area contributed by atoms with E-state index in [-0.39, 0.29) is 11.6 Å². The Hall–Kier alpha value is -1.34. The number of hydrogen-bond donors (Lipinski definition) is 1. The van der Waals surface area contributed by atoms with Gasteiger partial charge in [0, 0.05) is 6.54 Å². The van der Waals surface area contributed by atoms with Gasteiger partial charge in [-0.1, -0.05) is 0 Å². The van der Waals surface area contributed by atoms with Crippen molar-refractivity contribution in [3.63, 3.8) is 0 Å². The molecule has 0 atom stereocenters. The molecule has 3 amide bonds. The number of methoxy groups -OCH3 is 1. The van der Waals surface area contributed by atoms with Crippen molar-refractivity contribution in [3.8, 4) is 5.75 Å². The number of benzene rings is 1. The number of hydrogen-bond acceptors (Lipinski definition) is 3. The van der Waals surface area contributed by atoms with Crippen molar-refractivity contribution < 1.29 is 14.3 Å². The lowest BCUT2D eigenvalue weighted by Gasteiger charge is -2.08. The molecule has 5 nitrogen and oxygen atoms in total. The van der Waals surface area contributed by atoms with Gasteiger partial charge in [0.1, 0.15) is 11.4 Å². The molecule has 1 heterocycles. The summed E-state index contributed by atoms with van der Waals surface area (Å²) in [6.07, 6.45) is 1.63. The minimum atomic E-state index is -0.393. The molecule has 1 aromatic carbocycles. The van der Waals surface area contributed by atoms with Gasteiger partial charge < -0.3 is 10.1 Å². The lowest BCUT2D eigenvalue weighted by atomic mass is 10.2. The van der Waals surface area contributed by atoms with Crippen LogP contribution in [0.4, 0.5) is 4.79 Å². The fourth-order valence-electron chi connectivity index (χ4n) is 1.88. The standard InChI is InChI=1S/C13H12Br2N2O3/c1-3-17-12(18)10(16-13(17)19)6-7-4-8(14)11(20-2)9(15)5-7/h4-6H,3H2,1-2H3,(H,16,19)/b10-6+. The molecule has 1 aliphatic rings. The molecule has 1 aromatic rings. The van der Waals surface area contributed by atoms with Crippen LogP contribution in [0.15, 0.2) is 26.8 Å². The van der Waals surface area contributed by atoms with E-state index >= 15 is 0 Å². The quantitative estimate of drug-likeness (QED) is 0.623. The number of carbonyl (C=O) groups is 2. The van der Waals surface area contributed by atoms with Crippen LogP contribution >= 0.6 is 31.9 Å². The van der Waals surface area contributed by atoms with Gasteiger partial charge in [-0.3, -0.25) is 9.69 Å². The maximum absolute atomic E-state index is 12.0. The van der Waals surface area contributed by atoms with Gasteiger partial charge in [0.25, 0.3) is 5.91 Å². The van der Waals surface area contributed by atoms with Crippen molar-refractivity contribution in [3.05, 3.63) is 32.3 Å². The third-order valence-corrected chi connectivity index (χ3v) is 3.99. The highest BCUT2D eigenvalue weighted by Gasteiger charge is 2.32. The minimum Gasteiger partial charge on any atom is -0.494 e. The highest BCUT2D eigenvalue weighted by molar-refractivity contribution is 9.11. The van der Waals surface area contributed by atoms with Crippen molar-refractivity contribution >= 4 is 49.9 Å². The second-order valence-electron chi connectivity index (χ2n) is 4.06. The summed E-state index contributed by atoms with van der Waals surface area (Å²) < 4.78 is 6.72. The van der Waals surface area contributed by atoms with Crippen LogP contribution in [0.2, 0.25) is 0 Å². The zero-order valence-electron chi connectivity index (χ0n) is 10.9. The number of carbonyl (C=O) groups excluding carboxylic acids is 2. The first-order valence-corrected chi connectivity index (χ1v) is 7.44. The summed E-state index contributed by atoms with van der Waals surface area (Å²) in [4.78, 5) is 24.7. The van der Waals surface area contributed by atoms with E-state index in [2.05, 4.69) is 37.2 Å². The Morgan fingerprint density at radius 3 is 2.35 bits per heavy atom. The molecule has 0 spiro atoms. The predicted octanol–water partition coefficient (Wildman–Crippen LogP) is 3.13. The van der Waals surface area contributed by atoms with Gasteiger partial charge in [0.2, 0.25) is 0 Å². The van der Waals surface area contributed by atoms with Gasteiger partial charge in [-0.2, -0.15) is 0 Å². The van der Waals surface area contributed by atoms with Gasteiger partial charge >= 0.3 is 6.03 Å². The monoisotopic (exact) mass is 402 g/mol. The largest absolute Gasteiger partial charge is 0.494 e. The number of likely N-dealkylation sites (N-methyl/N-ethyl adjacent to an activating group) is 1. The Balaban J connectivity index is 2.37. The molecule has 1 saturated heterocycles. The Morgan fingerprint density at radius 2 is 1.90 bits per heavy atom. The molecular weight excluding hydrogens is 392 g/mol. The molecule has 2 rings (SSSR count). The van der Waals surface area contributed by atoms with Crippen LogP contribution in [-0.4, -0.2) is 30.5 Å². The molecule has 1 N–H and O–H groups in total. The predicted molar refractivity (Wildman–Crippen MR) is 82.3 cm³/mol. The average molecular weight is 404 g/mol. The number of urea groups is 1. The third-order valence-electron chi connectivity index (χ3n) is 2.81. The lowest BCUT2D eigenvalue weighted by Crippen LogP contribution is -2.30. The van der Waals surface area contributed by atoms with E-state index in [9.17, 15) is 9.59 Å². The molecule has 1 fully saturated rings.